The molecular formula is C18H24ClFO. The Morgan fingerprint density at radius 2 is 2.05 bits per heavy atom. The van der Waals surface area contributed by atoms with Crippen molar-refractivity contribution in [1.29, 1.82) is 0 Å². The molecule has 116 valence electrons. The summed E-state index contributed by atoms with van der Waals surface area (Å²) in [4.78, 5) is 0. The summed E-state index contributed by atoms with van der Waals surface area (Å²) in [5.74, 6) is 0.529. The second kappa shape index (κ2) is 6.66. The fourth-order valence-corrected chi connectivity index (χ4v) is 4.30. The summed E-state index contributed by atoms with van der Waals surface area (Å²) in [6, 6.07) is 6.83. The molecule has 3 rings (SSSR count). The van der Waals surface area contributed by atoms with E-state index in [0.29, 0.717) is 5.88 Å². The van der Waals surface area contributed by atoms with Crippen LogP contribution in [0.3, 0.4) is 0 Å². The molecule has 0 radical (unpaired) electrons. The number of hydrogen-bond donors (Lipinski definition) is 0. The summed E-state index contributed by atoms with van der Waals surface area (Å²) >= 11 is 6.13. The fraction of sp³-hybridized carbons (Fsp3) is 0.667. The van der Waals surface area contributed by atoms with Crippen molar-refractivity contribution in [3.05, 3.63) is 35.6 Å². The van der Waals surface area contributed by atoms with Crippen molar-refractivity contribution in [2.24, 2.45) is 0 Å². The van der Waals surface area contributed by atoms with Crippen molar-refractivity contribution < 1.29 is 9.13 Å². The molecular weight excluding hydrogens is 287 g/mol. The largest absolute Gasteiger partial charge is 0.372 e. The Morgan fingerprint density at radius 3 is 2.76 bits per heavy atom. The molecule has 0 aromatic heterocycles. The predicted molar refractivity (Wildman–Crippen MR) is 84.4 cm³/mol. The molecule has 1 spiro atoms. The first-order chi connectivity index (χ1) is 10.2. The molecule has 2 atom stereocenters. The molecule has 2 unspecified atom stereocenters. The summed E-state index contributed by atoms with van der Waals surface area (Å²) in [7, 11) is 0. The van der Waals surface area contributed by atoms with Crippen LogP contribution in [0.5, 0.6) is 0 Å². The molecule has 1 saturated carbocycles. The number of benzene rings is 1. The van der Waals surface area contributed by atoms with Crippen LogP contribution in [0.2, 0.25) is 0 Å². The van der Waals surface area contributed by atoms with Gasteiger partial charge in [-0.1, -0.05) is 31.4 Å². The zero-order valence-electron chi connectivity index (χ0n) is 12.5. The molecule has 1 aliphatic heterocycles. The van der Waals surface area contributed by atoms with Gasteiger partial charge >= 0.3 is 0 Å². The Morgan fingerprint density at radius 1 is 1.24 bits per heavy atom. The molecule has 2 aliphatic rings. The van der Waals surface area contributed by atoms with Gasteiger partial charge in [-0.2, -0.15) is 0 Å². The van der Waals surface area contributed by atoms with Crippen LogP contribution >= 0.6 is 11.6 Å². The Hall–Kier alpha value is -0.600. The Bertz CT molecular complexity index is 470. The average Bonchev–Trinajstić information content (AvgIpc) is 2.88. The van der Waals surface area contributed by atoms with Gasteiger partial charge in [0.05, 0.1) is 11.7 Å². The maximum atomic E-state index is 13.4. The first-order valence-electron chi connectivity index (χ1n) is 8.20. The van der Waals surface area contributed by atoms with E-state index in [1.165, 1.54) is 44.6 Å². The van der Waals surface area contributed by atoms with Gasteiger partial charge in [0, 0.05) is 5.88 Å². The van der Waals surface area contributed by atoms with Gasteiger partial charge in [-0.05, 0) is 55.7 Å². The van der Waals surface area contributed by atoms with Gasteiger partial charge < -0.3 is 4.74 Å². The minimum absolute atomic E-state index is 0.154. The van der Waals surface area contributed by atoms with Gasteiger partial charge in [-0.15, -0.1) is 11.6 Å². The van der Waals surface area contributed by atoms with Gasteiger partial charge in [-0.25, -0.2) is 4.39 Å². The van der Waals surface area contributed by atoms with Gasteiger partial charge in [0.15, 0.2) is 0 Å². The Balaban J connectivity index is 1.63. The highest BCUT2D eigenvalue weighted by atomic mass is 35.5. The van der Waals surface area contributed by atoms with Crippen molar-refractivity contribution in [1.82, 2.24) is 0 Å². The number of alkyl halides is 1. The van der Waals surface area contributed by atoms with E-state index in [4.69, 9.17) is 16.3 Å². The first-order valence-corrected chi connectivity index (χ1v) is 8.73. The van der Waals surface area contributed by atoms with Crippen LogP contribution in [0, 0.1) is 5.82 Å². The first kappa shape index (κ1) is 15.3. The van der Waals surface area contributed by atoms with E-state index in [9.17, 15) is 4.39 Å². The van der Waals surface area contributed by atoms with Crippen LogP contribution in [-0.2, 0) is 4.74 Å². The van der Waals surface area contributed by atoms with Crippen molar-refractivity contribution >= 4 is 11.6 Å². The van der Waals surface area contributed by atoms with Crippen LogP contribution in [0.15, 0.2) is 24.3 Å². The van der Waals surface area contributed by atoms with E-state index in [-0.39, 0.29) is 23.4 Å². The highest BCUT2D eigenvalue weighted by Crippen LogP contribution is 2.44. The molecule has 21 heavy (non-hydrogen) atoms. The molecule has 1 aromatic rings. The molecule has 0 amide bonds. The normalized spacial score (nSPS) is 26.1. The molecule has 0 N–H and O–H groups in total. The Labute approximate surface area is 131 Å². The lowest BCUT2D eigenvalue weighted by molar-refractivity contribution is -0.0669. The smallest absolute Gasteiger partial charge is 0.123 e. The van der Waals surface area contributed by atoms with Crippen LogP contribution in [-0.4, -0.2) is 17.6 Å². The Kier molecular flexibility index (Phi) is 4.85. The molecule has 1 nitrogen and oxygen atoms in total. The summed E-state index contributed by atoms with van der Waals surface area (Å²) in [6.45, 7) is 0. The highest BCUT2D eigenvalue weighted by molar-refractivity contribution is 6.18. The third-order valence-electron chi connectivity index (χ3n) is 5.16. The third kappa shape index (κ3) is 3.60. The molecule has 2 fully saturated rings. The number of ether oxygens (including phenoxy) is 1. The lowest BCUT2D eigenvalue weighted by Crippen LogP contribution is -2.32. The van der Waals surface area contributed by atoms with E-state index in [1.807, 2.05) is 6.07 Å². The van der Waals surface area contributed by atoms with Crippen LogP contribution in [0.25, 0.3) is 0 Å². The number of hydrogen-bond acceptors (Lipinski definition) is 1. The summed E-state index contributed by atoms with van der Waals surface area (Å²) in [5.41, 5.74) is 1.15. The number of halogens is 2. The van der Waals surface area contributed by atoms with Gasteiger partial charge in [-0.3, -0.25) is 0 Å². The predicted octanol–water partition coefficient (Wildman–Crippen LogP) is 5.42. The zero-order valence-corrected chi connectivity index (χ0v) is 13.2. The lowest BCUT2D eigenvalue weighted by atomic mass is 9.83. The summed E-state index contributed by atoms with van der Waals surface area (Å²) < 4.78 is 19.8. The van der Waals surface area contributed by atoms with E-state index in [1.54, 1.807) is 12.1 Å². The molecule has 1 saturated heterocycles. The quantitative estimate of drug-likeness (QED) is 0.675. The van der Waals surface area contributed by atoms with Crippen LogP contribution < -0.4 is 0 Å². The van der Waals surface area contributed by atoms with Crippen molar-refractivity contribution in [2.75, 3.05) is 5.88 Å². The molecule has 3 heteroatoms. The summed E-state index contributed by atoms with van der Waals surface area (Å²) in [5, 5.41) is 0. The van der Waals surface area contributed by atoms with Gasteiger partial charge in [0.25, 0.3) is 0 Å². The molecule has 1 heterocycles. The van der Waals surface area contributed by atoms with Crippen molar-refractivity contribution in [2.45, 2.75) is 69.0 Å². The van der Waals surface area contributed by atoms with Crippen LogP contribution in [0.1, 0.15) is 62.8 Å². The maximum absolute atomic E-state index is 13.4. The van der Waals surface area contributed by atoms with Gasteiger partial charge in [0.1, 0.15) is 5.82 Å². The van der Waals surface area contributed by atoms with E-state index in [0.717, 1.165) is 18.4 Å². The fourth-order valence-electron chi connectivity index (χ4n) is 3.99. The molecule has 0 bridgehead atoms. The second-order valence-electron chi connectivity index (χ2n) is 6.66. The van der Waals surface area contributed by atoms with E-state index in [2.05, 4.69) is 0 Å². The van der Waals surface area contributed by atoms with Crippen LogP contribution in [0.4, 0.5) is 4.39 Å². The van der Waals surface area contributed by atoms with E-state index >= 15 is 0 Å². The van der Waals surface area contributed by atoms with Crippen molar-refractivity contribution in [3.8, 4) is 0 Å². The van der Waals surface area contributed by atoms with E-state index < -0.39 is 0 Å². The second-order valence-corrected chi connectivity index (χ2v) is 6.97. The number of rotatable bonds is 4. The standard InChI is InChI=1S/C18H24ClFO/c19-13-15(14-5-4-6-16(20)11-14)12-17-7-10-18(21-17)8-2-1-3-9-18/h4-6,11,15,17H,1-3,7-10,12-13H2. The minimum atomic E-state index is -0.182. The lowest BCUT2D eigenvalue weighted by Gasteiger charge is -2.33. The average molecular weight is 311 g/mol. The highest BCUT2D eigenvalue weighted by Gasteiger charge is 2.41. The maximum Gasteiger partial charge on any atom is 0.123 e. The molecule has 1 aliphatic carbocycles. The third-order valence-corrected chi connectivity index (χ3v) is 5.53. The van der Waals surface area contributed by atoms with Crippen molar-refractivity contribution in [3.63, 3.8) is 0 Å². The minimum Gasteiger partial charge on any atom is -0.372 e. The van der Waals surface area contributed by atoms with Gasteiger partial charge in [0.2, 0.25) is 0 Å². The SMILES string of the molecule is Fc1cccc(C(CCl)CC2CCC3(CCCCC3)O2)c1. The summed E-state index contributed by atoms with van der Waals surface area (Å²) in [6.07, 6.45) is 9.90. The zero-order chi connectivity index (χ0) is 14.7. The topological polar surface area (TPSA) is 9.23 Å². The molecule has 1 aromatic carbocycles. The monoisotopic (exact) mass is 310 g/mol.